The number of hydrogen-bond acceptors (Lipinski definition) is 5. The van der Waals surface area contributed by atoms with E-state index in [0.29, 0.717) is 19.6 Å². The van der Waals surface area contributed by atoms with Gasteiger partial charge in [0.2, 0.25) is 11.8 Å². The molecule has 2 aliphatic heterocycles. The molecule has 7 heteroatoms. The van der Waals surface area contributed by atoms with Gasteiger partial charge < -0.3 is 9.80 Å². The molecule has 170 valence electrons. The molecule has 1 atom stereocenters. The number of fused-ring (bicyclic) bond motifs is 3. The fraction of sp³-hybridized carbons (Fsp3) is 0.259. The lowest BCUT2D eigenvalue weighted by atomic mass is 10.0. The van der Waals surface area contributed by atoms with Crippen LogP contribution in [0.15, 0.2) is 73.1 Å². The number of aromatic nitrogens is 2. The van der Waals surface area contributed by atoms with Crippen molar-refractivity contribution in [1.29, 1.82) is 0 Å². The van der Waals surface area contributed by atoms with E-state index in [0.717, 1.165) is 40.5 Å². The van der Waals surface area contributed by atoms with Gasteiger partial charge in [0.1, 0.15) is 12.6 Å². The third-order valence-electron chi connectivity index (χ3n) is 6.86. The Bertz CT molecular complexity index is 1400. The molecule has 4 aromatic rings. The van der Waals surface area contributed by atoms with Crippen molar-refractivity contribution in [3.8, 4) is 0 Å². The van der Waals surface area contributed by atoms with Crippen LogP contribution in [-0.4, -0.2) is 68.7 Å². The quantitative estimate of drug-likeness (QED) is 0.477. The number of rotatable bonds is 4. The minimum atomic E-state index is -0.448. The summed E-state index contributed by atoms with van der Waals surface area (Å²) in [6.45, 7) is 3.10. The second kappa shape index (κ2) is 8.50. The molecule has 4 heterocycles. The van der Waals surface area contributed by atoms with Gasteiger partial charge >= 0.3 is 0 Å². The lowest BCUT2D eigenvalue weighted by molar-refractivity contribution is -0.160. The summed E-state index contributed by atoms with van der Waals surface area (Å²) in [6, 6.07) is 19.7. The topological polar surface area (TPSA) is 69.6 Å². The number of nitrogens with zero attached hydrogens (tertiary/aromatic N) is 5. The molecule has 6 rings (SSSR count). The fourth-order valence-electron chi connectivity index (χ4n) is 5.14. The van der Waals surface area contributed by atoms with Gasteiger partial charge in [0.15, 0.2) is 0 Å². The summed E-state index contributed by atoms with van der Waals surface area (Å²) in [5.41, 5.74) is 4.01. The van der Waals surface area contributed by atoms with E-state index >= 15 is 0 Å². The Morgan fingerprint density at radius 3 is 2.71 bits per heavy atom. The molecule has 0 N–H and O–H groups in total. The zero-order chi connectivity index (χ0) is 23.1. The Hall–Kier alpha value is -3.84. The number of carbonyl (C=O) groups is 2. The fourth-order valence-corrected chi connectivity index (χ4v) is 5.14. The lowest BCUT2D eigenvalue weighted by Crippen LogP contribution is -2.66. The minimum absolute atomic E-state index is 0.0112. The maximum Gasteiger partial charge on any atom is 0.247 e. The molecule has 34 heavy (non-hydrogen) atoms. The lowest BCUT2D eigenvalue weighted by Gasteiger charge is -2.46. The second-order valence-electron chi connectivity index (χ2n) is 9.06. The van der Waals surface area contributed by atoms with E-state index in [2.05, 4.69) is 27.0 Å². The maximum atomic E-state index is 13.5. The average molecular weight is 452 g/mol. The monoisotopic (exact) mass is 451 g/mol. The maximum absolute atomic E-state index is 13.5. The van der Waals surface area contributed by atoms with Gasteiger partial charge in [-0.05, 0) is 35.4 Å². The van der Waals surface area contributed by atoms with Crippen molar-refractivity contribution in [3.05, 3.63) is 84.2 Å². The Kier molecular flexibility index (Phi) is 5.19. The summed E-state index contributed by atoms with van der Waals surface area (Å²) in [6.07, 6.45) is 3.60. The highest BCUT2D eigenvalue weighted by Gasteiger charge is 2.42. The van der Waals surface area contributed by atoms with Crippen LogP contribution in [0.25, 0.3) is 21.8 Å². The molecule has 0 radical (unpaired) electrons. The van der Waals surface area contributed by atoms with Crippen LogP contribution < -0.4 is 0 Å². The SMILES string of the molecule is O=C1C2CN(Cc3cccc4ncccc34)CCN2C(=O)CN1Cc1cnc2ccccc2c1. The predicted molar refractivity (Wildman–Crippen MR) is 130 cm³/mol. The van der Waals surface area contributed by atoms with Crippen molar-refractivity contribution in [2.24, 2.45) is 0 Å². The average Bonchev–Trinajstić information content (AvgIpc) is 2.87. The van der Waals surface area contributed by atoms with Gasteiger partial charge in [-0.1, -0.05) is 36.4 Å². The number of amides is 2. The van der Waals surface area contributed by atoms with Crippen LogP contribution in [0, 0.1) is 0 Å². The van der Waals surface area contributed by atoms with E-state index < -0.39 is 6.04 Å². The summed E-state index contributed by atoms with van der Waals surface area (Å²) < 4.78 is 0. The number of hydrogen-bond donors (Lipinski definition) is 0. The molecule has 0 saturated carbocycles. The molecule has 0 aliphatic carbocycles. The van der Waals surface area contributed by atoms with Crippen molar-refractivity contribution in [2.75, 3.05) is 26.2 Å². The van der Waals surface area contributed by atoms with Crippen LogP contribution in [0.1, 0.15) is 11.1 Å². The molecular weight excluding hydrogens is 426 g/mol. The molecule has 7 nitrogen and oxygen atoms in total. The molecule has 2 saturated heterocycles. The van der Waals surface area contributed by atoms with Gasteiger partial charge in [-0.2, -0.15) is 0 Å². The van der Waals surface area contributed by atoms with E-state index in [1.165, 1.54) is 5.56 Å². The van der Waals surface area contributed by atoms with Crippen LogP contribution in [0.4, 0.5) is 0 Å². The summed E-state index contributed by atoms with van der Waals surface area (Å²) >= 11 is 0. The van der Waals surface area contributed by atoms with E-state index in [9.17, 15) is 9.59 Å². The standard InChI is InChI=1S/C27H25N5O2/c33-26-18-31(15-19-13-20-5-1-2-8-23(20)29-14-19)27(34)25-17-30(11-12-32(25)26)16-21-6-3-9-24-22(21)7-4-10-28-24/h1-10,13-14,25H,11-12,15-18H2. The Balaban J connectivity index is 1.20. The van der Waals surface area contributed by atoms with Crippen LogP contribution in [0.5, 0.6) is 0 Å². The van der Waals surface area contributed by atoms with E-state index in [1.54, 1.807) is 22.2 Å². The van der Waals surface area contributed by atoms with Crippen molar-refractivity contribution in [1.82, 2.24) is 24.7 Å². The van der Waals surface area contributed by atoms with Gasteiger partial charge in [-0.15, -0.1) is 0 Å². The van der Waals surface area contributed by atoms with Crippen LogP contribution in [0.3, 0.4) is 0 Å². The van der Waals surface area contributed by atoms with Crippen LogP contribution >= 0.6 is 0 Å². The van der Waals surface area contributed by atoms with Gasteiger partial charge in [0.05, 0.1) is 11.0 Å². The highest BCUT2D eigenvalue weighted by Crippen LogP contribution is 2.24. The van der Waals surface area contributed by atoms with E-state index in [4.69, 9.17) is 0 Å². The zero-order valence-electron chi connectivity index (χ0n) is 18.8. The van der Waals surface area contributed by atoms with Gasteiger partial charge in [0.25, 0.3) is 0 Å². The van der Waals surface area contributed by atoms with Crippen molar-refractivity contribution in [2.45, 2.75) is 19.1 Å². The van der Waals surface area contributed by atoms with Crippen molar-refractivity contribution in [3.63, 3.8) is 0 Å². The zero-order valence-corrected chi connectivity index (χ0v) is 18.8. The Morgan fingerprint density at radius 1 is 0.882 bits per heavy atom. The van der Waals surface area contributed by atoms with E-state index in [1.807, 2.05) is 48.5 Å². The summed E-state index contributed by atoms with van der Waals surface area (Å²) in [4.78, 5) is 41.1. The van der Waals surface area contributed by atoms with Gasteiger partial charge in [-0.3, -0.25) is 24.5 Å². The second-order valence-corrected chi connectivity index (χ2v) is 9.06. The Morgan fingerprint density at radius 2 is 1.76 bits per heavy atom. The first kappa shape index (κ1) is 20.7. The van der Waals surface area contributed by atoms with E-state index in [-0.39, 0.29) is 18.4 Å². The first-order chi connectivity index (χ1) is 16.7. The molecule has 2 aromatic heterocycles. The molecule has 2 fully saturated rings. The van der Waals surface area contributed by atoms with Crippen LogP contribution in [-0.2, 0) is 22.7 Å². The normalized spacial score (nSPS) is 19.1. The molecule has 0 spiro atoms. The molecular formula is C27H25N5O2. The summed E-state index contributed by atoms with van der Waals surface area (Å²) in [5.74, 6) is 0.0319. The molecule has 1 unspecified atom stereocenters. The molecule has 2 aromatic carbocycles. The number of carbonyl (C=O) groups excluding carboxylic acids is 2. The van der Waals surface area contributed by atoms with Gasteiger partial charge in [-0.25, -0.2) is 0 Å². The first-order valence-corrected chi connectivity index (χ1v) is 11.6. The summed E-state index contributed by atoms with van der Waals surface area (Å²) in [5, 5.41) is 2.16. The molecule has 0 bridgehead atoms. The van der Waals surface area contributed by atoms with Gasteiger partial charge in [0, 0.05) is 55.9 Å². The Labute approximate surface area is 197 Å². The number of benzene rings is 2. The molecule has 2 aliphatic rings. The minimum Gasteiger partial charge on any atom is -0.327 e. The third-order valence-corrected chi connectivity index (χ3v) is 6.86. The highest BCUT2D eigenvalue weighted by atomic mass is 16.2. The van der Waals surface area contributed by atoms with Crippen LogP contribution in [0.2, 0.25) is 0 Å². The number of pyridine rings is 2. The van der Waals surface area contributed by atoms with Crippen molar-refractivity contribution >= 4 is 33.6 Å². The molecule has 2 amide bonds. The number of piperazine rings is 2. The smallest absolute Gasteiger partial charge is 0.247 e. The predicted octanol–water partition coefficient (Wildman–Crippen LogP) is 2.84. The number of para-hydroxylation sites is 1. The van der Waals surface area contributed by atoms with Crippen molar-refractivity contribution < 1.29 is 9.59 Å². The third kappa shape index (κ3) is 3.78. The first-order valence-electron chi connectivity index (χ1n) is 11.6. The summed E-state index contributed by atoms with van der Waals surface area (Å²) in [7, 11) is 0. The highest BCUT2D eigenvalue weighted by molar-refractivity contribution is 5.95. The largest absolute Gasteiger partial charge is 0.327 e.